The van der Waals surface area contributed by atoms with Crippen molar-refractivity contribution in [3.63, 3.8) is 0 Å². The average molecular weight is 409 g/mol. The van der Waals surface area contributed by atoms with Gasteiger partial charge in [-0.3, -0.25) is 9.69 Å². The van der Waals surface area contributed by atoms with Crippen LogP contribution >= 0.6 is 24.8 Å². The molecule has 3 aliphatic heterocycles. The monoisotopic (exact) mass is 408 g/mol. The Morgan fingerprint density at radius 1 is 1.00 bits per heavy atom. The summed E-state index contributed by atoms with van der Waals surface area (Å²) in [6, 6.07) is 20.9. The van der Waals surface area contributed by atoms with Gasteiger partial charge in [0, 0.05) is 24.5 Å². The summed E-state index contributed by atoms with van der Waals surface area (Å²) in [5, 5.41) is 9.55. The number of carbonyl (C=O) groups is 1. The van der Waals surface area contributed by atoms with Gasteiger partial charge in [0.25, 0.3) is 0 Å². The van der Waals surface area contributed by atoms with Crippen LogP contribution < -0.4 is 5.73 Å². The van der Waals surface area contributed by atoms with Gasteiger partial charge in [0.15, 0.2) is 0 Å². The Bertz CT molecular complexity index is 703. The molecule has 0 aliphatic carbocycles. The molecule has 0 spiro atoms. The number of carboxylic acid groups (broad SMARTS) is 1. The van der Waals surface area contributed by atoms with Crippen molar-refractivity contribution < 1.29 is 9.90 Å². The first-order valence-electron chi connectivity index (χ1n) is 8.99. The van der Waals surface area contributed by atoms with E-state index in [9.17, 15) is 9.90 Å². The van der Waals surface area contributed by atoms with E-state index < -0.39 is 5.97 Å². The molecule has 0 saturated carbocycles. The number of nitrogens with two attached hydrogens (primary N) is 1. The average Bonchev–Trinajstić information content (AvgIpc) is 2.66. The number of hydrogen-bond donors (Lipinski definition) is 2. The fourth-order valence-corrected chi connectivity index (χ4v) is 4.83. The maximum absolute atomic E-state index is 11.6. The van der Waals surface area contributed by atoms with Gasteiger partial charge in [0.2, 0.25) is 0 Å². The van der Waals surface area contributed by atoms with Gasteiger partial charge >= 0.3 is 5.97 Å². The van der Waals surface area contributed by atoms with Crippen LogP contribution in [0.3, 0.4) is 0 Å². The fourth-order valence-electron chi connectivity index (χ4n) is 4.83. The van der Waals surface area contributed by atoms with Crippen LogP contribution in [0.15, 0.2) is 60.7 Å². The summed E-state index contributed by atoms with van der Waals surface area (Å²) in [5.41, 5.74) is 9.15. The van der Waals surface area contributed by atoms with Gasteiger partial charge in [0.1, 0.15) is 0 Å². The summed E-state index contributed by atoms with van der Waals surface area (Å²) in [6.07, 6.45) is 0.880. The molecule has 2 aromatic rings. The number of hydrogen-bond acceptors (Lipinski definition) is 3. The number of fused-ring (bicyclic) bond motifs is 3. The van der Waals surface area contributed by atoms with E-state index >= 15 is 0 Å². The molecular weight excluding hydrogens is 383 g/mol. The molecular formula is C21H26Cl2N2O2. The van der Waals surface area contributed by atoms with Crippen LogP contribution in [-0.4, -0.2) is 41.1 Å². The summed E-state index contributed by atoms with van der Waals surface area (Å²) in [7, 11) is 0. The minimum atomic E-state index is -0.709. The Balaban J connectivity index is 0.00000131. The van der Waals surface area contributed by atoms with Gasteiger partial charge in [-0.25, -0.2) is 0 Å². The Labute approximate surface area is 172 Å². The molecule has 3 heterocycles. The second-order valence-corrected chi connectivity index (χ2v) is 7.26. The van der Waals surface area contributed by atoms with Crippen molar-refractivity contribution in [2.24, 2.45) is 17.6 Å². The quantitative estimate of drug-likeness (QED) is 0.813. The molecule has 2 aromatic carbocycles. The lowest BCUT2D eigenvalue weighted by atomic mass is 9.67. The van der Waals surface area contributed by atoms with Gasteiger partial charge in [-0.2, -0.15) is 0 Å². The standard InChI is InChI=1S/C21H24N2O2.2ClH/c22-19-16-11-12-23(13-17(16)21(24)25)20(19)18(14-7-3-1-4-8-14)15-9-5-2-6-10-15;;/h1-10,16-20H,11-13,22H2,(H,24,25);2*1H/t16-,17-,19-,20-;;/m0../s1. The minimum Gasteiger partial charge on any atom is -0.481 e. The number of aliphatic carboxylic acids is 1. The molecule has 3 saturated heterocycles. The van der Waals surface area contributed by atoms with E-state index in [0.717, 1.165) is 13.0 Å². The van der Waals surface area contributed by atoms with Crippen molar-refractivity contribution in [3.05, 3.63) is 71.8 Å². The van der Waals surface area contributed by atoms with Gasteiger partial charge in [0.05, 0.1) is 5.92 Å². The van der Waals surface area contributed by atoms with Crippen LogP contribution in [0.2, 0.25) is 0 Å². The molecule has 0 radical (unpaired) electrons. The Morgan fingerprint density at radius 2 is 1.52 bits per heavy atom. The molecule has 0 aromatic heterocycles. The Morgan fingerprint density at radius 3 is 1.96 bits per heavy atom. The molecule has 6 heteroatoms. The highest BCUT2D eigenvalue weighted by Crippen LogP contribution is 2.43. The first-order chi connectivity index (χ1) is 12.2. The number of rotatable bonds is 4. The summed E-state index contributed by atoms with van der Waals surface area (Å²) >= 11 is 0. The molecule has 4 nitrogen and oxygen atoms in total. The maximum atomic E-state index is 11.6. The summed E-state index contributed by atoms with van der Waals surface area (Å²) in [6.45, 7) is 1.54. The fraction of sp³-hybridized carbons (Fsp3) is 0.381. The van der Waals surface area contributed by atoms with E-state index in [4.69, 9.17) is 5.73 Å². The second kappa shape index (κ2) is 9.07. The van der Waals surface area contributed by atoms with Gasteiger partial charge < -0.3 is 10.8 Å². The SMILES string of the molecule is Cl.Cl.N[C@H]1[C@H]2CCN(C[C@@H]2C(=O)O)[C@H]1C(c1ccccc1)c1ccccc1. The van der Waals surface area contributed by atoms with Gasteiger partial charge in [-0.05, 0) is 30.0 Å². The van der Waals surface area contributed by atoms with Crippen molar-refractivity contribution >= 4 is 30.8 Å². The highest BCUT2D eigenvalue weighted by molar-refractivity contribution is 5.85. The van der Waals surface area contributed by atoms with Crippen molar-refractivity contribution in [3.8, 4) is 0 Å². The summed E-state index contributed by atoms with van der Waals surface area (Å²) in [5.74, 6) is -0.830. The van der Waals surface area contributed by atoms with Crippen molar-refractivity contribution in [1.82, 2.24) is 4.90 Å². The van der Waals surface area contributed by atoms with Crippen LogP contribution in [0.4, 0.5) is 0 Å². The number of carboxylic acids is 1. The van der Waals surface area contributed by atoms with Crippen LogP contribution in [0.25, 0.3) is 0 Å². The molecule has 0 amide bonds. The highest BCUT2D eigenvalue weighted by Gasteiger charge is 2.51. The second-order valence-electron chi connectivity index (χ2n) is 7.26. The van der Waals surface area contributed by atoms with E-state index in [-0.39, 0.29) is 54.7 Å². The van der Waals surface area contributed by atoms with Crippen molar-refractivity contribution in [1.29, 1.82) is 0 Å². The molecule has 3 aliphatic rings. The molecule has 1 unspecified atom stereocenters. The Kier molecular flexibility index (Phi) is 7.29. The maximum Gasteiger partial charge on any atom is 0.308 e. The van der Waals surface area contributed by atoms with Gasteiger partial charge in [-0.15, -0.1) is 24.8 Å². The number of nitrogens with zero attached hydrogens (tertiary/aromatic N) is 1. The number of halogens is 2. The normalized spacial score (nSPS) is 28.9. The first kappa shape index (κ1) is 21.7. The molecule has 27 heavy (non-hydrogen) atoms. The molecule has 146 valence electrons. The number of piperidine rings is 3. The molecule has 2 bridgehead atoms. The van der Waals surface area contributed by atoms with Crippen molar-refractivity contribution in [2.75, 3.05) is 13.1 Å². The first-order valence-corrected chi connectivity index (χ1v) is 8.99. The van der Waals surface area contributed by atoms with E-state index in [1.54, 1.807) is 0 Å². The lowest BCUT2D eigenvalue weighted by molar-refractivity contribution is -0.151. The zero-order chi connectivity index (χ0) is 17.4. The lowest BCUT2D eigenvalue weighted by Gasteiger charge is -2.54. The molecule has 5 rings (SSSR count). The van der Waals surface area contributed by atoms with Crippen LogP contribution in [-0.2, 0) is 4.79 Å². The highest BCUT2D eigenvalue weighted by atomic mass is 35.5. The van der Waals surface area contributed by atoms with Crippen molar-refractivity contribution in [2.45, 2.75) is 24.4 Å². The van der Waals surface area contributed by atoms with E-state index in [2.05, 4.69) is 53.4 Å². The van der Waals surface area contributed by atoms with E-state index in [0.29, 0.717) is 6.54 Å². The molecule has 5 atom stereocenters. The van der Waals surface area contributed by atoms with Crippen LogP contribution in [0.5, 0.6) is 0 Å². The zero-order valence-corrected chi connectivity index (χ0v) is 16.6. The predicted octanol–water partition coefficient (Wildman–Crippen LogP) is 3.39. The third-order valence-corrected chi connectivity index (χ3v) is 5.98. The molecule has 3 N–H and O–H groups in total. The number of benzene rings is 2. The minimum absolute atomic E-state index is 0. The van der Waals surface area contributed by atoms with E-state index in [1.807, 2.05) is 12.1 Å². The summed E-state index contributed by atoms with van der Waals surface area (Å²) in [4.78, 5) is 13.9. The smallest absolute Gasteiger partial charge is 0.308 e. The predicted molar refractivity (Wildman–Crippen MR) is 112 cm³/mol. The lowest BCUT2D eigenvalue weighted by Crippen LogP contribution is -2.67. The topological polar surface area (TPSA) is 66.6 Å². The van der Waals surface area contributed by atoms with Crippen LogP contribution in [0, 0.1) is 11.8 Å². The zero-order valence-electron chi connectivity index (χ0n) is 15.0. The van der Waals surface area contributed by atoms with Crippen LogP contribution in [0.1, 0.15) is 23.5 Å². The largest absolute Gasteiger partial charge is 0.481 e. The summed E-state index contributed by atoms with van der Waals surface area (Å²) < 4.78 is 0. The third kappa shape index (κ3) is 3.99. The van der Waals surface area contributed by atoms with E-state index in [1.165, 1.54) is 11.1 Å². The van der Waals surface area contributed by atoms with Gasteiger partial charge in [-0.1, -0.05) is 60.7 Å². The molecule has 3 fully saturated rings. The Hall–Kier alpha value is -1.59. The third-order valence-electron chi connectivity index (χ3n) is 5.98.